The Morgan fingerprint density at radius 1 is 1.11 bits per heavy atom. The van der Waals surface area contributed by atoms with Gasteiger partial charge < -0.3 is 5.73 Å². The van der Waals surface area contributed by atoms with E-state index in [9.17, 15) is 4.39 Å². The normalized spacial score (nSPS) is 14.1. The molecule has 2 N–H and O–H groups in total. The van der Waals surface area contributed by atoms with Gasteiger partial charge in [0.15, 0.2) is 0 Å². The molecule has 0 aromatic heterocycles. The second-order valence-electron chi connectivity index (χ2n) is 4.37. The zero-order valence-electron chi connectivity index (χ0n) is 10.5. The van der Waals surface area contributed by atoms with Crippen molar-refractivity contribution in [2.24, 2.45) is 5.73 Å². The monoisotopic (exact) mass is 339 g/mol. The average molecular weight is 340 g/mol. The minimum atomic E-state index is -0.200. The van der Waals surface area contributed by atoms with E-state index >= 15 is 0 Å². The van der Waals surface area contributed by atoms with Crippen molar-refractivity contribution in [2.45, 2.75) is 23.1 Å². The topological polar surface area (TPSA) is 26.0 Å². The molecular weight excluding hydrogens is 325 g/mol. The molecule has 1 nitrogen and oxygen atoms in total. The van der Waals surface area contributed by atoms with Gasteiger partial charge in [-0.15, -0.1) is 11.8 Å². The molecule has 0 aliphatic rings. The summed E-state index contributed by atoms with van der Waals surface area (Å²) in [5.41, 5.74) is 6.68. The second-order valence-corrected chi connectivity index (χ2v) is 6.50. The largest absolute Gasteiger partial charge is 0.327 e. The van der Waals surface area contributed by atoms with Gasteiger partial charge in [-0.2, -0.15) is 0 Å². The number of rotatable bonds is 4. The highest BCUT2D eigenvalue weighted by atomic mass is 79.9. The molecule has 0 heterocycles. The van der Waals surface area contributed by atoms with Gasteiger partial charge in [0.1, 0.15) is 5.82 Å². The molecule has 0 aliphatic carbocycles. The first-order chi connectivity index (χ1) is 9.08. The van der Waals surface area contributed by atoms with Crippen LogP contribution in [0.5, 0.6) is 0 Å². The van der Waals surface area contributed by atoms with Crippen LogP contribution in [0.4, 0.5) is 4.39 Å². The Morgan fingerprint density at radius 2 is 1.74 bits per heavy atom. The first-order valence-corrected chi connectivity index (χ1v) is 7.67. The van der Waals surface area contributed by atoms with E-state index in [0.717, 1.165) is 9.37 Å². The molecule has 0 fully saturated rings. The maximum Gasteiger partial charge on any atom is 0.127 e. The molecule has 0 saturated heterocycles. The van der Waals surface area contributed by atoms with Crippen LogP contribution < -0.4 is 5.73 Å². The lowest BCUT2D eigenvalue weighted by Gasteiger charge is -2.21. The molecule has 0 saturated carbocycles. The molecule has 2 rings (SSSR count). The maximum atomic E-state index is 13.9. The van der Waals surface area contributed by atoms with Gasteiger partial charge in [0.05, 0.1) is 5.25 Å². The van der Waals surface area contributed by atoms with Crippen LogP contribution in [-0.2, 0) is 0 Å². The van der Waals surface area contributed by atoms with Crippen molar-refractivity contribution in [3.8, 4) is 0 Å². The Bertz CT molecular complexity index is 542. The van der Waals surface area contributed by atoms with Gasteiger partial charge in [-0.25, -0.2) is 4.39 Å². The molecule has 0 spiro atoms. The molecule has 19 heavy (non-hydrogen) atoms. The zero-order valence-corrected chi connectivity index (χ0v) is 12.9. The Morgan fingerprint density at radius 3 is 2.32 bits per heavy atom. The Labute approximate surface area is 125 Å². The van der Waals surface area contributed by atoms with E-state index in [1.807, 2.05) is 37.3 Å². The molecule has 2 unspecified atom stereocenters. The number of benzene rings is 2. The van der Waals surface area contributed by atoms with Crippen LogP contribution in [0.1, 0.15) is 17.7 Å². The summed E-state index contributed by atoms with van der Waals surface area (Å²) in [6, 6.07) is 14.6. The fourth-order valence-electron chi connectivity index (χ4n) is 1.82. The van der Waals surface area contributed by atoms with Crippen molar-refractivity contribution in [3.63, 3.8) is 0 Å². The fraction of sp³-hybridized carbons (Fsp3) is 0.200. The molecule has 2 atom stereocenters. The van der Waals surface area contributed by atoms with Gasteiger partial charge in [-0.05, 0) is 37.3 Å². The van der Waals surface area contributed by atoms with Crippen molar-refractivity contribution in [3.05, 3.63) is 64.4 Å². The Balaban J connectivity index is 2.27. The molecule has 100 valence electrons. The minimum absolute atomic E-state index is 0.0950. The Hall–Kier alpha value is -0.840. The molecule has 0 radical (unpaired) electrons. The van der Waals surface area contributed by atoms with E-state index in [-0.39, 0.29) is 17.1 Å². The van der Waals surface area contributed by atoms with Crippen LogP contribution in [0.3, 0.4) is 0 Å². The summed E-state index contributed by atoms with van der Waals surface area (Å²) in [7, 11) is 0. The predicted octanol–water partition coefficient (Wildman–Crippen LogP) is 4.77. The standard InChI is InChI=1S/C15H15BrFNS/c1-10(18)15(13-4-2-3-5-14(13)17)19-12-8-6-11(16)7-9-12/h2-10,15H,18H2,1H3. The number of halogens is 2. The van der Waals surface area contributed by atoms with Crippen LogP contribution in [0.2, 0.25) is 0 Å². The summed E-state index contributed by atoms with van der Waals surface area (Å²) in [6.07, 6.45) is 0. The smallest absolute Gasteiger partial charge is 0.127 e. The van der Waals surface area contributed by atoms with Crippen LogP contribution in [0.25, 0.3) is 0 Å². The van der Waals surface area contributed by atoms with Crippen LogP contribution >= 0.6 is 27.7 Å². The van der Waals surface area contributed by atoms with Crippen molar-refractivity contribution in [2.75, 3.05) is 0 Å². The number of nitrogens with two attached hydrogens (primary N) is 1. The molecule has 0 bridgehead atoms. The van der Waals surface area contributed by atoms with Crippen molar-refractivity contribution >= 4 is 27.7 Å². The first-order valence-electron chi connectivity index (χ1n) is 6.00. The summed E-state index contributed by atoms with van der Waals surface area (Å²) >= 11 is 4.99. The lowest BCUT2D eigenvalue weighted by molar-refractivity contribution is 0.592. The van der Waals surface area contributed by atoms with Gasteiger partial charge in [0.2, 0.25) is 0 Å². The van der Waals surface area contributed by atoms with Gasteiger partial charge in [0, 0.05) is 21.0 Å². The highest BCUT2D eigenvalue weighted by Gasteiger charge is 2.20. The minimum Gasteiger partial charge on any atom is -0.327 e. The highest BCUT2D eigenvalue weighted by Crippen LogP contribution is 2.38. The molecular formula is C15H15BrFNS. The lowest BCUT2D eigenvalue weighted by Crippen LogP contribution is -2.23. The third kappa shape index (κ3) is 3.81. The van der Waals surface area contributed by atoms with Gasteiger partial charge in [-0.1, -0.05) is 34.1 Å². The quantitative estimate of drug-likeness (QED) is 0.812. The zero-order chi connectivity index (χ0) is 13.8. The molecule has 2 aromatic rings. The second kappa shape index (κ2) is 6.55. The van der Waals surface area contributed by atoms with Crippen molar-refractivity contribution in [1.82, 2.24) is 0 Å². The SMILES string of the molecule is CC(N)C(Sc1ccc(Br)cc1)c1ccccc1F. The third-order valence-corrected chi connectivity index (χ3v) is 4.78. The molecule has 0 amide bonds. The highest BCUT2D eigenvalue weighted by molar-refractivity contribution is 9.10. The third-order valence-electron chi connectivity index (χ3n) is 2.77. The van der Waals surface area contributed by atoms with Gasteiger partial charge >= 0.3 is 0 Å². The maximum absolute atomic E-state index is 13.9. The number of hydrogen-bond donors (Lipinski definition) is 1. The fourth-order valence-corrected chi connectivity index (χ4v) is 3.20. The van der Waals surface area contributed by atoms with Gasteiger partial charge in [0.25, 0.3) is 0 Å². The summed E-state index contributed by atoms with van der Waals surface area (Å²) in [4.78, 5) is 1.08. The van der Waals surface area contributed by atoms with Crippen LogP contribution in [-0.4, -0.2) is 6.04 Å². The van der Waals surface area contributed by atoms with E-state index in [2.05, 4.69) is 15.9 Å². The van der Waals surface area contributed by atoms with E-state index in [0.29, 0.717) is 5.56 Å². The summed E-state index contributed by atoms with van der Waals surface area (Å²) in [5.74, 6) is -0.200. The van der Waals surface area contributed by atoms with E-state index in [4.69, 9.17) is 5.73 Å². The summed E-state index contributed by atoms with van der Waals surface area (Å²) in [5, 5.41) is -0.0950. The Kier molecular flexibility index (Phi) is 5.02. The van der Waals surface area contributed by atoms with Crippen molar-refractivity contribution in [1.29, 1.82) is 0 Å². The van der Waals surface area contributed by atoms with E-state index in [1.165, 1.54) is 6.07 Å². The van der Waals surface area contributed by atoms with Crippen LogP contribution in [0, 0.1) is 5.82 Å². The summed E-state index contributed by atoms with van der Waals surface area (Å²) < 4.78 is 14.9. The van der Waals surface area contributed by atoms with Crippen molar-refractivity contribution < 1.29 is 4.39 Å². The number of hydrogen-bond acceptors (Lipinski definition) is 2. The van der Waals surface area contributed by atoms with Crippen LogP contribution in [0.15, 0.2) is 57.9 Å². The first kappa shape index (κ1) is 14.6. The predicted molar refractivity (Wildman–Crippen MR) is 82.8 cm³/mol. The van der Waals surface area contributed by atoms with E-state index < -0.39 is 0 Å². The lowest BCUT2D eigenvalue weighted by atomic mass is 10.1. The molecule has 4 heteroatoms. The van der Waals surface area contributed by atoms with E-state index in [1.54, 1.807) is 23.9 Å². The number of thioether (sulfide) groups is 1. The van der Waals surface area contributed by atoms with Gasteiger partial charge in [-0.3, -0.25) is 0 Å². The average Bonchev–Trinajstić information content (AvgIpc) is 2.39. The molecule has 2 aromatic carbocycles. The summed E-state index contributed by atoms with van der Waals surface area (Å²) in [6.45, 7) is 1.91. The molecule has 0 aliphatic heterocycles.